The van der Waals surface area contributed by atoms with Gasteiger partial charge in [0.05, 0.1) is 11.0 Å². The Morgan fingerprint density at radius 1 is 1.60 bits per heavy atom. The van der Waals surface area contributed by atoms with Gasteiger partial charge in [-0.1, -0.05) is 6.92 Å². The molecule has 0 aliphatic heterocycles. The average molecular weight is 214 g/mol. The quantitative estimate of drug-likeness (QED) is 0.733. The molecule has 2 unspecified atom stereocenters. The van der Waals surface area contributed by atoms with Crippen LogP contribution in [0.4, 0.5) is 0 Å². The zero-order valence-corrected chi connectivity index (χ0v) is 10.2. The molecule has 0 radical (unpaired) electrons. The lowest BCUT2D eigenvalue weighted by atomic mass is 9.90. The highest BCUT2D eigenvalue weighted by atomic mass is 16.6. The summed E-state index contributed by atoms with van der Waals surface area (Å²) < 4.78 is 5.39. The van der Waals surface area contributed by atoms with Crippen molar-refractivity contribution in [1.82, 2.24) is 0 Å². The number of esters is 1. The maximum absolute atomic E-state index is 11.8. The van der Waals surface area contributed by atoms with Crippen LogP contribution in [0.3, 0.4) is 0 Å². The highest BCUT2D eigenvalue weighted by Crippen LogP contribution is 2.34. The van der Waals surface area contributed by atoms with Crippen molar-refractivity contribution in [2.24, 2.45) is 5.41 Å². The smallest absolute Gasteiger partial charge is 0.311 e. The van der Waals surface area contributed by atoms with Gasteiger partial charge in [0.1, 0.15) is 6.10 Å². The Morgan fingerprint density at radius 2 is 2.20 bits per heavy atom. The van der Waals surface area contributed by atoms with Crippen molar-refractivity contribution in [3.63, 3.8) is 0 Å². The van der Waals surface area contributed by atoms with E-state index in [0.717, 1.165) is 25.7 Å². The number of carbonyl (C=O) groups excluding carboxylic acids is 1. The van der Waals surface area contributed by atoms with Crippen LogP contribution in [0.1, 0.15) is 53.4 Å². The third-order valence-corrected chi connectivity index (χ3v) is 3.53. The van der Waals surface area contributed by atoms with E-state index in [1.165, 1.54) is 0 Å². The molecule has 1 rings (SSSR count). The van der Waals surface area contributed by atoms with Crippen molar-refractivity contribution < 1.29 is 14.6 Å². The van der Waals surface area contributed by atoms with Crippen LogP contribution in [0.25, 0.3) is 0 Å². The number of hydrogen-bond acceptors (Lipinski definition) is 3. The molecule has 0 spiro atoms. The predicted octanol–water partition coefficient (Wildman–Crippen LogP) is 2.27. The van der Waals surface area contributed by atoms with E-state index in [0.29, 0.717) is 0 Å². The second kappa shape index (κ2) is 4.12. The van der Waals surface area contributed by atoms with Crippen molar-refractivity contribution in [3.8, 4) is 0 Å². The molecule has 1 N–H and O–H groups in total. The zero-order chi connectivity index (χ0) is 11.7. The van der Waals surface area contributed by atoms with E-state index in [1.807, 2.05) is 20.8 Å². The molecule has 15 heavy (non-hydrogen) atoms. The van der Waals surface area contributed by atoms with Crippen LogP contribution < -0.4 is 0 Å². The monoisotopic (exact) mass is 214 g/mol. The lowest BCUT2D eigenvalue weighted by molar-refractivity contribution is -0.170. The highest BCUT2D eigenvalue weighted by Gasteiger charge is 2.41. The molecule has 0 aromatic carbocycles. The van der Waals surface area contributed by atoms with Gasteiger partial charge in [-0.3, -0.25) is 4.79 Å². The molecule has 1 saturated carbocycles. The first-order chi connectivity index (χ1) is 6.79. The summed E-state index contributed by atoms with van der Waals surface area (Å²) in [5.74, 6) is -0.197. The minimum absolute atomic E-state index is 0.197. The van der Waals surface area contributed by atoms with Crippen LogP contribution in [-0.4, -0.2) is 22.8 Å². The Kier molecular flexibility index (Phi) is 3.44. The highest BCUT2D eigenvalue weighted by molar-refractivity contribution is 5.76. The minimum atomic E-state index is -0.834. The fraction of sp³-hybridized carbons (Fsp3) is 0.917. The molecule has 0 aromatic rings. The Morgan fingerprint density at radius 3 is 2.60 bits per heavy atom. The summed E-state index contributed by atoms with van der Waals surface area (Å²) >= 11 is 0. The summed E-state index contributed by atoms with van der Waals surface area (Å²) in [6, 6.07) is 0. The minimum Gasteiger partial charge on any atom is -0.459 e. The Bertz CT molecular complexity index is 243. The number of ether oxygens (including phenoxy) is 1. The van der Waals surface area contributed by atoms with E-state index in [2.05, 4.69) is 0 Å². The number of rotatable bonds is 3. The first kappa shape index (κ1) is 12.5. The third-order valence-electron chi connectivity index (χ3n) is 3.53. The lowest BCUT2D eigenvalue weighted by Crippen LogP contribution is -2.40. The maximum atomic E-state index is 11.8. The molecule has 3 heteroatoms. The molecule has 3 nitrogen and oxygen atoms in total. The van der Waals surface area contributed by atoms with Gasteiger partial charge in [-0.2, -0.15) is 0 Å². The largest absolute Gasteiger partial charge is 0.459 e. The van der Waals surface area contributed by atoms with Crippen molar-refractivity contribution in [2.45, 2.75) is 65.1 Å². The van der Waals surface area contributed by atoms with Crippen LogP contribution in [0.5, 0.6) is 0 Å². The molecule has 88 valence electrons. The van der Waals surface area contributed by atoms with E-state index in [4.69, 9.17) is 4.74 Å². The van der Waals surface area contributed by atoms with Crippen LogP contribution in [0.15, 0.2) is 0 Å². The number of aliphatic hydroxyl groups is 1. The Balaban J connectivity index is 2.59. The summed E-state index contributed by atoms with van der Waals surface area (Å²) in [5.41, 5.74) is -1.28. The van der Waals surface area contributed by atoms with Gasteiger partial charge >= 0.3 is 5.97 Å². The van der Waals surface area contributed by atoms with Crippen LogP contribution in [0, 0.1) is 5.41 Å². The summed E-state index contributed by atoms with van der Waals surface area (Å²) in [6.07, 6.45) is 2.85. The second-order valence-corrected chi connectivity index (χ2v) is 5.38. The fourth-order valence-electron chi connectivity index (χ4n) is 1.74. The van der Waals surface area contributed by atoms with Crippen LogP contribution in [0.2, 0.25) is 0 Å². The Hall–Kier alpha value is -0.570. The van der Waals surface area contributed by atoms with Crippen LogP contribution >= 0.6 is 0 Å². The van der Waals surface area contributed by atoms with Gasteiger partial charge in [-0.15, -0.1) is 0 Å². The third kappa shape index (κ3) is 2.71. The van der Waals surface area contributed by atoms with Gasteiger partial charge in [0.15, 0.2) is 0 Å². The molecule has 0 bridgehead atoms. The van der Waals surface area contributed by atoms with E-state index in [-0.39, 0.29) is 12.1 Å². The van der Waals surface area contributed by atoms with E-state index < -0.39 is 11.0 Å². The SMILES string of the molecule is CCC(C)(C)C(=O)OC1CCCC1(C)O. The molecule has 1 fully saturated rings. The molecule has 0 amide bonds. The first-order valence-electron chi connectivity index (χ1n) is 5.73. The van der Waals surface area contributed by atoms with Gasteiger partial charge in [0.2, 0.25) is 0 Å². The number of hydrogen-bond donors (Lipinski definition) is 1. The molecular formula is C12H22O3. The molecule has 2 atom stereocenters. The van der Waals surface area contributed by atoms with Crippen LogP contribution in [-0.2, 0) is 9.53 Å². The summed E-state index contributed by atoms with van der Waals surface area (Å²) in [6.45, 7) is 7.46. The van der Waals surface area contributed by atoms with Gasteiger partial charge in [0, 0.05) is 0 Å². The molecule has 1 aliphatic carbocycles. The molecular weight excluding hydrogens is 192 g/mol. The molecule has 0 aromatic heterocycles. The Labute approximate surface area is 91.8 Å². The molecule has 0 saturated heterocycles. The molecule has 1 aliphatic rings. The van der Waals surface area contributed by atoms with E-state index in [1.54, 1.807) is 6.92 Å². The molecule has 0 heterocycles. The normalized spacial score (nSPS) is 31.7. The van der Waals surface area contributed by atoms with E-state index in [9.17, 15) is 9.90 Å². The standard InChI is InChI=1S/C12H22O3/c1-5-11(2,3)10(13)15-9-7-6-8-12(9,4)14/h9,14H,5-8H2,1-4H3. The van der Waals surface area contributed by atoms with E-state index >= 15 is 0 Å². The predicted molar refractivity (Wildman–Crippen MR) is 58.4 cm³/mol. The maximum Gasteiger partial charge on any atom is 0.311 e. The topological polar surface area (TPSA) is 46.5 Å². The van der Waals surface area contributed by atoms with Gasteiger partial charge in [0.25, 0.3) is 0 Å². The van der Waals surface area contributed by atoms with Gasteiger partial charge < -0.3 is 9.84 Å². The fourth-order valence-corrected chi connectivity index (χ4v) is 1.74. The van der Waals surface area contributed by atoms with Gasteiger partial charge in [-0.05, 0) is 46.5 Å². The van der Waals surface area contributed by atoms with Crippen molar-refractivity contribution in [2.75, 3.05) is 0 Å². The number of carbonyl (C=O) groups is 1. The van der Waals surface area contributed by atoms with Crippen molar-refractivity contribution >= 4 is 5.97 Å². The van der Waals surface area contributed by atoms with Crippen molar-refractivity contribution in [3.05, 3.63) is 0 Å². The van der Waals surface area contributed by atoms with Crippen molar-refractivity contribution in [1.29, 1.82) is 0 Å². The first-order valence-corrected chi connectivity index (χ1v) is 5.73. The average Bonchev–Trinajstić information content (AvgIpc) is 2.46. The zero-order valence-electron chi connectivity index (χ0n) is 10.2. The summed E-state index contributed by atoms with van der Waals surface area (Å²) in [5, 5.41) is 9.96. The summed E-state index contributed by atoms with van der Waals surface area (Å²) in [7, 11) is 0. The lowest BCUT2D eigenvalue weighted by Gasteiger charge is -2.29. The van der Waals surface area contributed by atoms with Gasteiger partial charge in [-0.25, -0.2) is 0 Å². The second-order valence-electron chi connectivity index (χ2n) is 5.38. The summed E-state index contributed by atoms with van der Waals surface area (Å²) in [4.78, 5) is 11.8.